The molecule has 21 heavy (non-hydrogen) atoms. The number of hydrogen-bond acceptors (Lipinski definition) is 2. The van der Waals surface area contributed by atoms with Crippen molar-refractivity contribution < 1.29 is 9.53 Å². The Kier molecular flexibility index (Phi) is 5.68. The minimum atomic E-state index is -0.0216. The summed E-state index contributed by atoms with van der Waals surface area (Å²) in [5.74, 6) is 6.80. The van der Waals surface area contributed by atoms with Crippen LogP contribution in [-0.2, 0) is 11.2 Å². The van der Waals surface area contributed by atoms with Gasteiger partial charge in [0.25, 0.3) is 5.91 Å². The summed E-state index contributed by atoms with van der Waals surface area (Å²) in [6.07, 6.45) is 4.47. The molecule has 0 spiro atoms. The van der Waals surface area contributed by atoms with Crippen LogP contribution < -0.4 is 4.74 Å². The maximum Gasteiger partial charge on any atom is 0.298 e. The number of methoxy groups -OCH3 is 1. The molecule has 1 aromatic rings. The van der Waals surface area contributed by atoms with Gasteiger partial charge in [-0.15, -0.1) is 0 Å². The molecule has 3 heteroatoms. The fourth-order valence-corrected chi connectivity index (χ4v) is 2.83. The zero-order chi connectivity index (χ0) is 15.1. The third kappa shape index (κ3) is 4.53. The SMILES string of the molecule is CC#CC(=O)N1CCC[C@@H](CCc2ccc(OC)cc2)C1. The summed E-state index contributed by atoms with van der Waals surface area (Å²) >= 11 is 0. The van der Waals surface area contributed by atoms with Gasteiger partial charge in [-0.25, -0.2) is 0 Å². The van der Waals surface area contributed by atoms with Gasteiger partial charge in [0.1, 0.15) is 5.75 Å². The number of amides is 1. The molecule has 112 valence electrons. The Bertz CT molecular complexity index is 524. The standard InChI is InChI=1S/C18H23NO2/c1-3-5-18(20)19-13-4-6-16(14-19)8-7-15-9-11-17(21-2)12-10-15/h9-12,16H,4,6-8,13-14H2,1-2H3/t16-/m0/s1. The van der Waals surface area contributed by atoms with Crippen molar-refractivity contribution in [3.63, 3.8) is 0 Å². The molecule has 1 atom stereocenters. The van der Waals surface area contributed by atoms with Crippen LogP contribution in [-0.4, -0.2) is 31.0 Å². The molecule has 1 heterocycles. The molecule has 1 aromatic carbocycles. The van der Waals surface area contributed by atoms with Crippen LogP contribution in [0, 0.1) is 17.8 Å². The lowest BCUT2D eigenvalue weighted by atomic mass is 9.91. The number of likely N-dealkylation sites (tertiary alicyclic amines) is 1. The number of carbonyl (C=O) groups is 1. The molecular weight excluding hydrogens is 262 g/mol. The van der Waals surface area contributed by atoms with Crippen molar-refractivity contribution in [1.82, 2.24) is 4.90 Å². The topological polar surface area (TPSA) is 29.5 Å². The number of aryl methyl sites for hydroxylation is 1. The fraction of sp³-hybridized carbons (Fsp3) is 0.500. The van der Waals surface area contributed by atoms with Crippen LogP contribution in [0.4, 0.5) is 0 Å². The molecule has 1 aliphatic rings. The molecular formula is C18H23NO2. The van der Waals surface area contributed by atoms with Crippen LogP contribution >= 0.6 is 0 Å². The van der Waals surface area contributed by atoms with E-state index in [1.165, 1.54) is 12.0 Å². The molecule has 0 bridgehead atoms. The van der Waals surface area contributed by atoms with Gasteiger partial charge in [0.2, 0.25) is 0 Å². The normalized spacial score (nSPS) is 17.8. The van der Waals surface area contributed by atoms with Crippen molar-refractivity contribution in [3.8, 4) is 17.6 Å². The molecule has 1 saturated heterocycles. The first kappa shape index (κ1) is 15.4. The number of nitrogens with zero attached hydrogens (tertiary/aromatic N) is 1. The molecule has 0 aromatic heterocycles. The van der Waals surface area contributed by atoms with E-state index in [0.29, 0.717) is 5.92 Å². The Morgan fingerprint density at radius 1 is 1.38 bits per heavy atom. The van der Waals surface area contributed by atoms with Gasteiger partial charge in [0.15, 0.2) is 0 Å². The van der Waals surface area contributed by atoms with Crippen molar-refractivity contribution in [3.05, 3.63) is 29.8 Å². The van der Waals surface area contributed by atoms with Gasteiger partial charge in [-0.3, -0.25) is 4.79 Å². The number of rotatable bonds is 4. The first-order valence-corrected chi connectivity index (χ1v) is 7.57. The van der Waals surface area contributed by atoms with Gasteiger partial charge in [0, 0.05) is 13.1 Å². The first-order valence-electron chi connectivity index (χ1n) is 7.57. The van der Waals surface area contributed by atoms with Crippen molar-refractivity contribution in [2.45, 2.75) is 32.6 Å². The molecule has 0 radical (unpaired) electrons. The van der Waals surface area contributed by atoms with E-state index in [0.717, 1.165) is 38.1 Å². The predicted molar refractivity (Wildman–Crippen MR) is 84.1 cm³/mol. The Labute approximate surface area is 127 Å². The molecule has 1 fully saturated rings. The second-order valence-corrected chi connectivity index (χ2v) is 5.52. The number of ether oxygens (including phenoxy) is 1. The Morgan fingerprint density at radius 3 is 2.81 bits per heavy atom. The summed E-state index contributed by atoms with van der Waals surface area (Å²) < 4.78 is 5.17. The molecule has 1 aliphatic heterocycles. The molecule has 0 unspecified atom stereocenters. The van der Waals surface area contributed by atoms with E-state index in [1.54, 1.807) is 14.0 Å². The third-order valence-corrected chi connectivity index (χ3v) is 4.04. The monoisotopic (exact) mass is 285 g/mol. The van der Waals surface area contributed by atoms with Crippen LogP contribution in [0.3, 0.4) is 0 Å². The minimum Gasteiger partial charge on any atom is -0.497 e. The quantitative estimate of drug-likeness (QED) is 0.796. The summed E-state index contributed by atoms with van der Waals surface area (Å²) in [6.45, 7) is 3.42. The van der Waals surface area contributed by atoms with Crippen LogP contribution in [0.25, 0.3) is 0 Å². The molecule has 2 rings (SSSR count). The summed E-state index contributed by atoms with van der Waals surface area (Å²) in [7, 11) is 1.68. The second kappa shape index (κ2) is 7.73. The third-order valence-electron chi connectivity index (χ3n) is 4.04. The number of benzene rings is 1. The van der Waals surface area contributed by atoms with E-state index in [-0.39, 0.29) is 5.91 Å². The largest absolute Gasteiger partial charge is 0.497 e. The lowest BCUT2D eigenvalue weighted by Crippen LogP contribution is -2.39. The lowest BCUT2D eigenvalue weighted by Gasteiger charge is -2.31. The van der Waals surface area contributed by atoms with Crippen LogP contribution in [0.1, 0.15) is 31.7 Å². The van der Waals surface area contributed by atoms with Crippen molar-refractivity contribution >= 4 is 5.91 Å². The Morgan fingerprint density at radius 2 is 2.14 bits per heavy atom. The van der Waals surface area contributed by atoms with E-state index >= 15 is 0 Å². The molecule has 0 saturated carbocycles. The van der Waals surface area contributed by atoms with Crippen LogP contribution in [0.2, 0.25) is 0 Å². The van der Waals surface area contributed by atoms with Gasteiger partial charge >= 0.3 is 0 Å². The Hall–Kier alpha value is -1.95. The van der Waals surface area contributed by atoms with Gasteiger partial charge in [0.05, 0.1) is 7.11 Å². The van der Waals surface area contributed by atoms with E-state index < -0.39 is 0 Å². The predicted octanol–water partition coefficient (Wildman–Crippen LogP) is 2.89. The van der Waals surface area contributed by atoms with E-state index in [2.05, 4.69) is 24.0 Å². The van der Waals surface area contributed by atoms with Crippen LogP contribution in [0.5, 0.6) is 5.75 Å². The smallest absolute Gasteiger partial charge is 0.298 e. The average molecular weight is 285 g/mol. The Balaban J connectivity index is 1.84. The average Bonchev–Trinajstić information content (AvgIpc) is 2.54. The van der Waals surface area contributed by atoms with E-state index in [9.17, 15) is 4.79 Å². The summed E-state index contributed by atoms with van der Waals surface area (Å²) in [5.41, 5.74) is 1.33. The fourth-order valence-electron chi connectivity index (χ4n) is 2.83. The number of piperidine rings is 1. The molecule has 1 amide bonds. The van der Waals surface area contributed by atoms with E-state index in [4.69, 9.17) is 4.74 Å². The summed E-state index contributed by atoms with van der Waals surface area (Å²) in [4.78, 5) is 13.7. The zero-order valence-corrected chi connectivity index (χ0v) is 12.9. The highest BCUT2D eigenvalue weighted by atomic mass is 16.5. The minimum absolute atomic E-state index is 0.0216. The maximum atomic E-state index is 11.8. The van der Waals surface area contributed by atoms with Crippen LogP contribution in [0.15, 0.2) is 24.3 Å². The van der Waals surface area contributed by atoms with Gasteiger partial charge in [-0.2, -0.15) is 0 Å². The van der Waals surface area contributed by atoms with Gasteiger partial charge in [-0.05, 0) is 62.1 Å². The van der Waals surface area contributed by atoms with Crippen molar-refractivity contribution in [2.24, 2.45) is 5.92 Å². The molecule has 0 aliphatic carbocycles. The summed E-state index contributed by atoms with van der Waals surface area (Å²) in [5, 5.41) is 0. The molecule has 3 nitrogen and oxygen atoms in total. The zero-order valence-electron chi connectivity index (χ0n) is 12.9. The van der Waals surface area contributed by atoms with Gasteiger partial charge in [-0.1, -0.05) is 18.1 Å². The summed E-state index contributed by atoms with van der Waals surface area (Å²) in [6, 6.07) is 8.24. The first-order chi connectivity index (χ1) is 10.2. The number of hydrogen-bond donors (Lipinski definition) is 0. The second-order valence-electron chi connectivity index (χ2n) is 5.52. The number of carbonyl (C=O) groups excluding carboxylic acids is 1. The molecule has 0 N–H and O–H groups in total. The van der Waals surface area contributed by atoms with Crippen molar-refractivity contribution in [1.29, 1.82) is 0 Å². The highest BCUT2D eigenvalue weighted by molar-refractivity contribution is 5.93. The highest BCUT2D eigenvalue weighted by Gasteiger charge is 2.22. The highest BCUT2D eigenvalue weighted by Crippen LogP contribution is 2.22. The van der Waals surface area contributed by atoms with Crippen molar-refractivity contribution in [2.75, 3.05) is 20.2 Å². The van der Waals surface area contributed by atoms with E-state index in [1.807, 2.05) is 17.0 Å². The maximum absolute atomic E-state index is 11.8. The van der Waals surface area contributed by atoms with Gasteiger partial charge < -0.3 is 9.64 Å². The lowest BCUT2D eigenvalue weighted by molar-refractivity contribution is -0.126.